The summed E-state index contributed by atoms with van der Waals surface area (Å²) in [5.41, 5.74) is 3.76. The van der Waals surface area contributed by atoms with Gasteiger partial charge in [-0.25, -0.2) is 0 Å². The van der Waals surface area contributed by atoms with Crippen LogP contribution in [0.3, 0.4) is 0 Å². The second kappa shape index (κ2) is 5.11. The average molecular weight is 293 g/mol. The van der Waals surface area contributed by atoms with Crippen molar-refractivity contribution in [3.8, 4) is 5.75 Å². The van der Waals surface area contributed by atoms with Gasteiger partial charge in [0.2, 0.25) is 0 Å². The zero-order valence-corrected chi connectivity index (χ0v) is 12.3. The van der Waals surface area contributed by atoms with Gasteiger partial charge in [-0.2, -0.15) is 5.10 Å². The van der Waals surface area contributed by atoms with Gasteiger partial charge in [0.1, 0.15) is 12.4 Å². The Bertz CT molecular complexity index is 652. The third-order valence-corrected chi connectivity index (χ3v) is 4.31. The van der Waals surface area contributed by atoms with Crippen molar-refractivity contribution in [1.29, 1.82) is 0 Å². The van der Waals surface area contributed by atoms with Crippen LogP contribution in [0.2, 0.25) is 5.02 Å². The lowest BCUT2D eigenvalue weighted by Gasteiger charge is -2.11. The number of fused-ring (bicyclic) bond motifs is 1. The van der Waals surface area contributed by atoms with E-state index in [9.17, 15) is 5.11 Å². The maximum atomic E-state index is 9.89. The average Bonchev–Trinajstić information content (AvgIpc) is 2.91. The Hall–Kier alpha value is -1.52. The summed E-state index contributed by atoms with van der Waals surface area (Å²) in [7, 11) is 1.86. The normalized spacial score (nSPS) is 17.3. The summed E-state index contributed by atoms with van der Waals surface area (Å²) in [5, 5.41) is 14.8. The predicted molar refractivity (Wildman–Crippen MR) is 77.0 cm³/mol. The van der Waals surface area contributed by atoms with Gasteiger partial charge in [-0.3, -0.25) is 4.68 Å². The largest absolute Gasteiger partial charge is 0.487 e. The molecule has 4 nitrogen and oxygen atoms in total. The molecule has 3 rings (SSSR count). The molecular formula is C15H17ClN2O2. The van der Waals surface area contributed by atoms with E-state index < -0.39 is 0 Å². The fourth-order valence-corrected chi connectivity index (χ4v) is 2.93. The van der Waals surface area contributed by atoms with Crippen LogP contribution in [0.5, 0.6) is 5.75 Å². The lowest BCUT2D eigenvalue weighted by atomic mass is 10.1. The van der Waals surface area contributed by atoms with Gasteiger partial charge in [-0.05, 0) is 31.4 Å². The van der Waals surface area contributed by atoms with Crippen molar-refractivity contribution in [2.75, 3.05) is 0 Å². The molecule has 0 spiro atoms. The summed E-state index contributed by atoms with van der Waals surface area (Å²) >= 11 is 6.22. The summed E-state index contributed by atoms with van der Waals surface area (Å²) in [5.74, 6) is 0.828. The molecular weight excluding hydrogens is 276 g/mol. The zero-order valence-electron chi connectivity index (χ0n) is 11.6. The molecule has 1 aliphatic carbocycles. The molecule has 1 atom stereocenters. The number of halogens is 1. The van der Waals surface area contributed by atoms with Crippen molar-refractivity contribution < 1.29 is 9.84 Å². The molecule has 1 aliphatic rings. The smallest absolute Gasteiger partial charge is 0.131 e. The van der Waals surface area contributed by atoms with Crippen LogP contribution in [-0.2, 0) is 20.1 Å². The van der Waals surface area contributed by atoms with Crippen LogP contribution in [0.4, 0.5) is 0 Å². The van der Waals surface area contributed by atoms with Crippen LogP contribution >= 0.6 is 11.6 Å². The molecule has 1 aromatic carbocycles. The van der Waals surface area contributed by atoms with Crippen LogP contribution in [0.15, 0.2) is 18.2 Å². The SMILES string of the molecule is Cc1nn(C)c(COc2cccc3c2CCC3O)c1Cl. The third-order valence-electron chi connectivity index (χ3n) is 3.82. The van der Waals surface area contributed by atoms with Crippen molar-refractivity contribution >= 4 is 11.6 Å². The van der Waals surface area contributed by atoms with Crippen LogP contribution in [-0.4, -0.2) is 14.9 Å². The highest BCUT2D eigenvalue weighted by Gasteiger charge is 2.23. The Morgan fingerprint density at radius 1 is 1.50 bits per heavy atom. The summed E-state index contributed by atoms with van der Waals surface area (Å²) in [4.78, 5) is 0. The number of ether oxygens (including phenoxy) is 1. The molecule has 1 heterocycles. The van der Waals surface area contributed by atoms with E-state index in [0.29, 0.717) is 11.6 Å². The molecule has 0 bridgehead atoms. The fraction of sp³-hybridized carbons (Fsp3) is 0.400. The number of hydrogen-bond donors (Lipinski definition) is 1. The number of aromatic nitrogens is 2. The topological polar surface area (TPSA) is 47.3 Å². The molecule has 0 amide bonds. The van der Waals surface area contributed by atoms with Crippen LogP contribution in [0, 0.1) is 6.92 Å². The third kappa shape index (κ3) is 2.19. The summed E-state index contributed by atoms with van der Waals surface area (Å²) in [6.07, 6.45) is 1.25. The van der Waals surface area contributed by atoms with Gasteiger partial charge in [0, 0.05) is 12.6 Å². The van der Waals surface area contributed by atoms with E-state index in [1.807, 2.05) is 32.2 Å². The van der Waals surface area contributed by atoms with E-state index in [4.69, 9.17) is 16.3 Å². The van der Waals surface area contributed by atoms with E-state index in [0.717, 1.165) is 41.1 Å². The zero-order chi connectivity index (χ0) is 14.3. The molecule has 0 saturated carbocycles. The highest BCUT2D eigenvalue weighted by molar-refractivity contribution is 6.31. The second-order valence-electron chi connectivity index (χ2n) is 5.14. The van der Waals surface area contributed by atoms with Gasteiger partial charge in [-0.15, -0.1) is 0 Å². The van der Waals surface area contributed by atoms with Gasteiger partial charge >= 0.3 is 0 Å². The van der Waals surface area contributed by atoms with Crippen molar-refractivity contribution in [2.45, 2.75) is 32.5 Å². The first-order chi connectivity index (χ1) is 9.58. The number of aryl methyl sites for hydroxylation is 2. The van der Waals surface area contributed by atoms with Gasteiger partial charge < -0.3 is 9.84 Å². The number of rotatable bonds is 3. The molecule has 5 heteroatoms. The number of aliphatic hydroxyl groups is 1. The molecule has 0 fully saturated rings. The minimum Gasteiger partial charge on any atom is -0.487 e. The first-order valence-corrected chi connectivity index (χ1v) is 7.06. The Labute approximate surface area is 122 Å². The van der Waals surface area contributed by atoms with Crippen LogP contribution in [0.25, 0.3) is 0 Å². The van der Waals surface area contributed by atoms with E-state index in [1.165, 1.54) is 0 Å². The fourth-order valence-electron chi connectivity index (χ4n) is 2.72. The number of hydrogen-bond acceptors (Lipinski definition) is 3. The van der Waals surface area contributed by atoms with E-state index >= 15 is 0 Å². The monoisotopic (exact) mass is 292 g/mol. The van der Waals surface area contributed by atoms with Gasteiger partial charge in [0.05, 0.1) is 22.5 Å². The van der Waals surface area contributed by atoms with E-state index in [-0.39, 0.29) is 6.10 Å². The standard InChI is InChI=1S/C15H17ClN2O2/c1-9-15(16)12(18(2)17-9)8-20-14-5-3-4-10-11(14)6-7-13(10)19/h3-5,13,19H,6-8H2,1-2H3. The minimum absolute atomic E-state index is 0.365. The quantitative estimate of drug-likeness (QED) is 0.946. The van der Waals surface area contributed by atoms with E-state index in [2.05, 4.69) is 5.10 Å². The maximum absolute atomic E-state index is 9.89. The summed E-state index contributed by atoms with van der Waals surface area (Å²) in [6.45, 7) is 2.26. The molecule has 1 unspecified atom stereocenters. The highest BCUT2D eigenvalue weighted by atomic mass is 35.5. The Morgan fingerprint density at radius 3 is 3.00 bits per heavy atom. The number of benzene rings is 1. The van der Waals surface area contributed by atoms with Crippen molar-refractivity contribution in [1.82, 2.24) is 9.78 Å². The van der Waals surface area contributed by atoms with Crippen molar-refractivity contribution in [3.63, 3.8) is 0 Å². The van der Waals surface area contributed by atoms with Crippen LogP contribution in [0.1, 0.15) is 35.0 Å². The first kappa shape index (κ1) is 13.5. The molecule has 0 radical (unpaired) electrons. The highest BCUT2D eigenvalue weighted by Crippen LogP contribution is 2.37. The van der Waals surface area contributed by atoms with Crippen molar-refractivity contribution in [3.05, 3.63) is 45.7 Å². The first-order valence-electron chi connectivity index (χ1n) is 6.68. The summed E-state index contributed by atoms with van der Waals surface area (Å²) in [6, 6.07) is 5.81. The summed E-state index contributed by atoms with van der Waals surface area (Å²) < 4.78 is 7.65. The molecule has 1 aromatic heterocycles. The predicted octanol–water partition coefficient (Wildman–Crippen LogP) is 2.94. The minimum atomic E-state index is -0.365. The van der Waals surface area contributed by atoms with Gasteiger partial charge in [0.15, 0.2) is 0 Å². The Kier molecular flexibility index (Phi) is 3.44. The van der Waals surface area contributed by atoms with Gasteiger partial charge in [-0.1, -0.05) is 23.7 Å². The second-order valence-corrected chi connectivity index (χ2v) is 5.51. The lowest BCUT2D eigenvalue weighted by molar-refractivity contribution is 0.180. The maximum Gasteiger partial charge on any atom is 0.131 e. The van der Waals surface area contributed by atoms with Gasteiger partial charge in [0.25, 0.3) is 0 Å². The number of aliphatic hydroxyl groups excluding tert-OH is 1. The molecule has 1 N–H and O–H groups in total. The molecule has 2 aromatic rings. The van der Waals surface area contributed by atoms with Crippen molar-refractivity contribution in [2.24, 2.45) is 7.05 Å². The molecule has 106 valence electrons. The number of nitrogens with zero attached hydrogens (tertiary/aromatic N) is 2. The molecule has 20 heavy (non-hydrogen) atoms. The van der Waals surface area contributed by atoms with Crippen LogP contribution < -0.4 is 4.74 Å². The molecule has 0 saturated heterocycles. The Morgan fingerprint density at radius 2 is 2.30 bits per heavy atom. The molecule has 0 aliphatic heterocycles. The van der Waals surface area contributed by atoms with E-state index in [1.54, 1.807) is 4.68 Å². The lowest BCUT2D eigenvalue weighted by Crippen LogP contribution is -2.05. The Balaban J connectivity index is 1.83.